The Labute approximate surface area is 143 Å². The number of carbonyl (C=O) groups is 1. The van der Waals surface area contributed by atoms with Crippen molar-refractivity contribution in [2.45, 2.75) is 18.4 Å². The lowest BCUT2D eigenvalue weighted by atomic mass is 10.1. The van der Waals surface area contributed by atoms with Crippen LogP contribution in [0.3, 0.4) is 0 Å². The number of furan rings is 1. The van der Waals surface area contributed by atoms with Gasteiger partial charge in [-0.3, -0.25) is 4.79 Å². The summed E-state index contributed by atoms with van der Waals surface area (Å²) >= 11 is 7.52. The summed E-state index contributed by atoms with van der Waals surface area (Å²) < 4.78 is 5.19. The number of benzene rings is 1. The van der Waals surface area contributed by atoms with Crippen LogP contribution in [-0.2, 0) is 11.3 Å². The van der Waals surface area contributed by atoms with Gasteiger partial charge in [0.05, 0.1) is 24.1 Å². The lowest BCUT2D eigenvalue weighted by molar-refractivity contribution is -0.118. The summed E-state index contributed by atoms with van der Waals surface area (Å²) in [6, 6.07) is 11.4. The molecule has 6 heteroatoms. The highest BCUT2D eigenvalue weighted by atomic mass is 35.5. The quantitative estimate of drug-likeness (QED) is 0.555. The highest BCUT2D eigenvalue weighted by Gasteiger charge is 2.09. The molecule has 0 spiro atoms. The molecule has 0 unspecified atom stereocenters. The number of halogens is 1. The minimum Gasteiger partial charge on any atom is -0.467 e. The maximum atomic E-state index is 12.0. The molecular formula is C17H15ClN2O2S. The monoisotopic (exact) mass is 346 g/mol. The number of hydrogen-bond acceptors (Lipinski definition) is 4. The van der Waals surface area contributed by atoms with Gasteiger partial charge in [0, 0.05) is 10.3 Å². The summed E-state index contributed by atoms with van der Waals surface area (Å²) in [6.45, 7) is 2.42. The highest BCUT2D eigenvalue weighted by Crippen LogP contribution is 2.30. The molecule has 0 saturated carbocycles. The average molecular weight is 347 g/mol. The molecule has 0 bridgehead atoms. The first-order valence-electron chi connectivity index (χ1n) is 7.10. The van der Waals surface area contributed by atoms with Gasteiger partial charge in [0.2, 0.25) is 5.91 Å². The summed E-state index contributed by atoms with van der Waals surface area (Å²) in [5.41, 5.74) is 1.98. The molecule has 2 aromatic heterocycles. The maximum absolute atomic E-state index is 12.0. The molecule has 1 aromatic carbocycles. The first kappa shape index (κ1) is 15.9. The molecular weight excluding hydrogens is 332 g/mol. The van der Waals surface area contributed by atoms with Crippen LogP contribution in [0.25, 0.3) is 10.9 Å². The van der Waals surface area contributed by atoms with Crippen LogP contribution in [0, 0.1) is 6.92 Å². The van der Waals surface area contributed by atoms with Crippen molar-refractivity contribution in [2.75, 3.05) is 5.75 Å². The summed E-state index contributed by atoms with van der Waals surface area (Å²) in [4.78, 5) is 17.2. The fraction of sp³-hybridized carbons (Fsp3) is 0.176. The SMILES string of the molecule is Cc1ccc2nc(Cl)cc(SCC(=O)NCc3ccco3)c2c1. The van der Waals surface area contributed by atoms with E-state index in [1.807, 2.05) is 25.1 Å². The Bertz CT molecular complexity index is 834. The van der Waals surface area contributed by atoms with Crippen LogP contribution < -0.4 is 5.32 Å². The summed E-state index contributed by atoms with van der Waals surface area (Å²) in [5.74, 6) is 0.987. The number of fused-ring (bicyclic) bond motifs is 1. The van der Waals surface area contributed by atoms with E-state index in [4.69, 9.17) is 16.0 Å². The number of rotatable bonds is 5. The number of nitrogens with one attached hydrogen (secondary N) is 1. The fourth-order valence-electron chi connectivity index (χ4n) is 2.19. The molecule has 0 radical (unpaired) electrons. The molecule has 0 aliphatic carbocycles. The molecule has 1 amide bonds. The standard InChI is InChI=1S/C17H15ClN2O2S/c1-11-4-5-14-13(7-11)15(8-16(18)20-14)23-10-17(21)19-9-12-3-2-6-22-12/h2-8H,9-10H2,1H3,(H,19,21). The van der Waals surface area contributed by atoms with Crippen molar-refractivity contribution < 1.29 is 9.21 Å². The van der Waals surface area contributed by atoms with Gasteiger partial charge in [0.25, 0.3) is 0 Å². The van der Waals surface area contributed by atoms with Gasteiger partial charge in [-0.05, 0) is 37.3 Å². The van der Waals surface area contributed by atoms with E-state index >= 15 is 0 Å². The minimum absolute atomic E-state index is 0.0554. The summed E-state index contributed by atoms with van der Waals surface area (Å²) in [5, 5.41) is 4.27. The highest BCUT2D eigenvalue weighted by molar-refractivity contribution is 8.00. The third-order valence-corrected chi connectivity index (χ3v) is 4.54. The lowest BCUT2D eigenvalue weighted by Gasteiger charge is -2.08. The first-order chi connectivity index (χ1) is 11.1. The summed E-state index contributed by atoms with van der Waals surface area (Å²) in [6.07, 6.45) is 1.59. The lowest BCUT2D eigenvalue weighted by Crippen LogP contribution is -2.24. The predicted octanol–water partition coefficient (Wildman–Crippen LogP) is 4.20. The molecule has 118 valence electrons. The Morgan fingerprint density at radius 1 is 1.35 bits per heavy atom. The van der Waals surface area contributed by atoms with E-state index in [-0.39, 0.29) is 5.91 Å². The molecule has 3 aromatic rings. The van der Waals surface area contributed by atoms with E-state index in [1.165, 1.54) is 11.8 Å². The third kappa shape index (κ3) is 4.06. The maximum Gasteiger partial charge on any atom is 0.230 e. The molecule has 23 heavy (non-hydrogen) atoms. The number of carbonyl (C=O) groups excluding carboxylic acids is 1. The van der Waals surface area contributed by atoms with Crippen molar-refractivity contribution in [3.05, 3.63) is 59.1 Å². The van der Waals surface area contributed by atoms with Crippen molar-refractivity contribution in [1.82, 2.24) is 10.3 Å². The smallest absolute Gasteiger partial charge is 0.230 e. The van der Waals surface area contributed by atoms with Crippen LogP contribution in [0.2, 0.25) is 5.15 Å². The zero-order valence-corrected chi connectivity index (χ0v) is 14.1. The Balaban J connectivity index is 1.68. The zero-order valence-electron chi connectivity index (χ0n) is 12.5. The van der Waals surface area contributed by atoms with Gasteiger partial charge >= 0.3 is 0 Å². The topological polar surface area (TPSA) is 55.1 Å². The van der Waals surface area contributed by atoms with Gasteiger partial charge in [-0.25, -0.2) is 4.98 Å². The molecule has 3 rings (SSSR count). The number of hydrogen-bond donors (Lipinski definition) is 1. The first-order valence-corrected chi connectivity index (χ1v) is 8.47. The molecule has 0 aliphatic heterocycles. The summed E-state index contributed by atoms with van der Waals surface area (Å²) in [7, 11) is 0. The normalized spacial score (nSPS) is 10.9. The van der Waals surface area contributed by atoms with Crippen LogP contribution in [0.1, 0.15) is 11.3 Å². The molecule has 4 nitrogen and oxygen atoms in total. The van der Waals surface area contributed by atoms with Crippen molar-refractivity contribution in [3.8, 4) is 0 Å². The van der Waals surface area contributed by atoms with E-state index in [0.717, 1.165) is 27.1 Å². The molecule has 0 saturated heterocycles. The van der Waals surface area contributed by atoms with Crippen LogP contribution in [0.15, 0.2) is 52.0 Å². The van der Waals surface area contributed by atoms with E-state index in [0.29, 0.717) is 17.5 Å². The molecule has 0 atom stereocenters. The van der Waals surface area contributed by atoms with Crippen LogP contribution in [0.4, 0.5) is 0 Å². The number of amides is 1. The van der Waals surface area contributed by atoms with Crippen LogP contribution in [-0.4, -0.2) is 16.6 Å². The average Bonchev–Trinajstić information content (AvgIpc) is 3.04. The minimum atomic E-state index is -0.0554. The Kier molecular flexibility index (Phi) is 4.88. The molecule has 0 fully saturated rings. The van der Waals surface area contributed by atoms with Crippen molar-refractivity contribution in [2.24, 2.45) is 0 Å². The van der Waals surface area contributed by atoms with Crippen LogP contribution >= 0.6 is 23.4 Å². The third-order valence-electron chi connectivity index (χ3n) is 3.29. The number of pyridine rings is 1. The second kappa shape index (κ2) is 7.06. The van der Waals surface area contributed by atoms with Gasteiger partial charge in [-0.15, -0.1) is 11.8 Å². The van der Waals surface area contributed by atoms with Gasteiger partial charge in [-0.2, -0.15) is 0 Å². The van der Waals surface area contributed by atoms with Crippen molar-refractivity contribution in [1.29, 1.82) is 0 Å². The number of nitrogens with zero attached hydrogens (tertiary/aromatic N) is 1. The Hall–Kier alpha value is -1.98. The van der Waals surface area contributed by atoms with E-state index in [9.17, 15) is 4.79 Å². The predicted molar refractivity (Wildman–Crippen MR) is 92.8 cm³/mol. The van der Waals surface area contributed by atoms with Crippen LogP contribution in [0.5, 0.6) is 0 Å². The van der Waals surface area contributed by atoms with Gasteiger partial charge in [0.15, 0.2) is 0 Å². The number of aromatic nitrogens is 1. The van der Waals surface area contributed by atoms with Crippen molar-refractivity contribution >= 4 is 40.2 Å². The van der Waals surface area contributed by atoms with Crippen molar-refractivity contribution in [3.63, 3.8) is 0 Å². The number of thioether (sulfide) groups is 1. The fourth-order valence-corrected chi connectivity index (χ4v) is 3.36. The Morgan fingerprint density at radius 2 is 2.22 bits per heavy atom. The molecule has 1 N–H and O–H groups in total. The van der Waals surface area contributed by atoms with Gasteiger partial charge in [0.1, 0.15) is 10.9 Å². The Morgan fingerprint density at radius 3 is 3.00 bits per heavy atom. The molecule has 0 aliphatic rings. The zero-order chi connectivity index (χ0) is 16.2. The largest absolute Gasteiger partial charge is 0.467 e. The molecule has 2 heterocycles. The second-order valence-electron chi connectivity index (χ2n) is 5.11. The van der Waals surface area contributed by atoms with E-state index in [2.05, 4.69) is 16.4 Å². The van der Waals surface area contributed by atoms with E-state index in [1.54, 1.807) is 18.4 Å². The van der Waals surface area contributed by atoms with Gasteiger partial charge in [-0.1, -0.05) is 23.2 Å². The van der Waals surface area contributed by atoms with Gasteiger partial charge < -0.3 is 9.73 Å². The second-order valence-corrected chi connectivity index (χ2v) is 6.51. The van der Waals surface area contributed by atoms with E-state index < -0.39 is 0 Å². The number of aryl methyl sites for hydroxylation is 1.